The van der Waals surface area contributed by atoms with E-state index >= 15 is 0 Å². The lowest BCUT2D eigenvalue weighted by atomic mass is 10.4. The molecule has 5 N–H and O–H groups in total. The summed E-state index contributed by atoms with van der Waals surface area (Å²) in [4.78, 5) is 0. The fraction of sp³-hybridized carbons (Fsp3) is 1.00. The molecule has 5 nitrogen and oxygen atoms in total. The van der Waals surface area contributed by atoms with Crippen LogP contribution in [0.1, 0.15) is 64.2 Å². The summed E-state index contributed by atoms with van der Waals surface area (Å²) >= 11 is 0. The van der Waals surface area contributed by atoms with Gasteiger partial charge in [0.2, 0.25) is 0 Å². The molecule has 0 amide bonds. The molecule has 0 aliphatic carbocycles. The fourth-order valence-electron chi connectivity index (χ4n) is 3.12. The van der Waals surface area contributed by atoms with E-state index in [1.807, 2.05) is 0 Å². The number of rotatable bonds is 0. The Morgan fingerprint density at radius 2 is 0.320 bits per heavy atom. The van der Waals surface area contributed by atoms with Crippen LogP contribution < -0.4 is 26.6 Å². The first kappa shape index (κ1) is 22.8. The number of hydrogen-bond donors (Lipinski definition) is 5. The quantitative estimate of drug-likeness (QED) is 0.459. The Labute approximate surface area is 156 Å². The summed E-state index contributed by atoms with van der Waals surface area (Å²) < 4.78 is 0. The first-order valence-electron chi connectivity index (χ1n) is 11.0. The van der Waals surface area contributed by atoms with Gasteiger partial charge in [-0.2, -0.15) is 0 Å². The highest BCUT2D eigenvalue weighted by Gasteiger charge is 1.95. The maximum atomic E-state index is 3.22. The number of nitrogens with one attached hydrogen (secondary N) is 5. The molecule has 0 aromatic heterocycles. The molecule has 5 saturated heterocycles. The summed E-state index contributed by atoms with van der Waals surface area (Å²) in [5.74, 6) is 0. The van der Waals surface area contributed by atoms with Crippen molar-refractivity contribution in [3.8, 4) is 0 Å². The fourth-order valence-corrected chi connectivity index (χ4v) is 3.12. The smallest absolute Gasteiger partial charge is 0.00484 e. The average Bonchev–Trinajstić information content (AvgIpc) is 3.55. The Balaban J connectivity index is 0.000000156. The Kier molecular flexibility index (Phi) is 18.4. The third-order valence-corrected chi connectivity index (χ3v) is 4.79. The predicted molar refractivity (Wildman–Crippen MR) is 111 cm³/mol. The first-order valence-corrected chi connectivity index (χ1v) is 11.0. The van der Waals surface area contributed by atoms with E-state index < -0.39 is 0 Å². The molecular formula is C20H45N5. The Bertz CT molecular complexity index is 134. The van der Waals surface area contributed by atoms with Crippen molar-refractivity contribution in [1.82, 2.24) is 26.6 Å². The van der Waals surface area contributed by atoms with Crippen LogP contribution in [0.3, 0.4) is 0 Å². The predicted octanol–water partition coefficient (Wildman–Crippen LogP) is 1.85. The molecule has 5 heteroatoms. The molecule has 0 spiro atoms. The second kappa shape index (κ2) is 20.1. The summed E-state index contributed by atoms with van der Waals surface area (Å²) in [6.45, 7) is 12.5. The van der Waals surface area contributed by atoms with Crippen molar-refractivity contribution in [2.24, 2.45) is 0 Å². The van der Waals surface area contributed by atoms with Crippen LogP contribution in [0, 0.1) is 0 Å². The minimum Gasteiger partial charge on any atom is -0.317 e. The van der Waals surface area contributed by atoms with Gasteiger partial charge in [-0.1, -0.05) is 0 Å². The third-order valence-electron chi connectivity index (χ3n) is 4.79. The van der Waals surface area contributed by atoms with Crippen molar-refractivity contribution in [2.75, 3.05) is 65.4 Å². The van der Waals surface area contributed by atoms with Crippen molar-refractivity contribution in [3.63, 3.8) is 0 Å². The zero-order valence-corrected chi connectivity index (χ0v) is 16.6. The molecule has 0 unspecified atom stereocenters. The molecule has 0 radical (unpaired) electrons. The molecule has 5 fully saturated rings. The van der Waals surface area contributed by atoms with Gasteiger partial charge >= 0.3 is 0 Å². The normalized spacial score (nSPS) is 24.0. The van der Waals surface area contributed by atoms with Gasteiger partial charge in [-0.25, -0.2) is 0 Å². The maximum Gasteiger partial charge on any atom is -0.00484 e. The molecular weight excluding hydrogens is 310 g/mol. The standard InChI is InChI=1S/5C4H9N/c5*1-2-4-5-3-1/h5*5H,1-4H2. The van der Waals surface area contributed by atoms with Crippen LogP contribution in [0.2, 0.25) is 0 Å². The second-order valence-electron chi connectivity index (χ2n) is 7.29. The molecule has 5 aliphatic rings. The molecule has 5 aliphatic heterocycles. The van der Waals surface area contributed by atoms with Crippen LogP contribution in [-0.4, -0.2) is 65.4 Å². The molecule has 0 atom stereocenters. The van der Waals surface area contributed by atoms with Crippen molar-refractivity contribution >= 4 is 0 Å². The van der Waals surface area contributed by atoms with Crippen LogP contribution in [0.5, 0.6) is 0 Å². The van der Waals surface area contributed by atoms with Gasteiger partial charge in [0.1, 0.15) is 0 Å². The number of hydrogen-bond acceptors (Lipinski definition) is 5. The van der Waals surface area contributed by atoms with Crippen LogP contribution >= 0.6 is 0 Å². The minimum absolute atomic E-state index is 1.25. The van der Waals surface area contributed by atoms with Crippen LogP contribution in [0.15, 0.2) is 0 Å². The Morgan fingerprint density at radius 1 is 0.200 bits per heavy atom. The topological polar surface area (TPSA) is 60.1 Å². The molecule has 5 rings (SSSR count). The molecule has 5 heterocycles. The van der Waals surface area contributed by atoms with E-state index in [9.17, 15) is 0 Å². The lowest BCUT2D eigenvalue weighted by molar-refractivity contribution is 0.857. The van der Waals surface area contributed by atoms with E-state index in [-0.39, 0.29) is 0 Å². The van der Waals surface area contributed by atoms with Gasteiger partial charge in [-0.3, -0.25) is 0 Å². The Hall–Kier alpha value is -0.200. The summed E-state index contributed by atoms with van der Waals surface area (Å²) in [5, 5.41) is 16.1. The summed E-state index contributed by atoms with van der Waals surface area (Å²) in [6, 6.07) is 0. The average molecular weight is 356 g/mol. The van der Waals surface area contributed by atoms with E-state index in [1.54, 1.807) is 0 Å². The van der Waals surface area contributed by atoms with Crippen LogP contribution in [0.25, 0.3) is 0 Å². The molecule has 25 heavy (non-hydrogen) atoms. The highest BCUT2D eigenvalue weighted by molar-refractivity contribution is 4.57. The highest BCUT2D eigenvalue weighted by Crippen LogP contribution is 1.92. The van der Waals surface area contributed by atoms with Crippen molar-refractivity contribution in [1.29, 1.82) is 0 Å². The zero-order valence-electron chi connectivity index (χ0n) is 16.6. The van der Waals surface area contributed by atoms with Crippen molar-refractivity contribution < 1.29 is 0 Å². The lowest BCUT2D eigenvalue weighted by Gasteiger charge is -1.76. The van der Waals surface area contributed by atoms with E-state index in [2.05, 4.69) is 26.6 Å². The van der Waals surface area contributed by atoms with Gasteiger partial charge in [0.15, 0.2) is 0 Å². The van der Waals surface area contributed by atoms with Crippen molar-refractivity contribution in [3.05, 3.63) is 0 Å². The van der Waals surface area contributed by atoms with Crippen molar-refractivity contribution in [2.45, 2.75) is 64.2 Å². The van der Waals surface area contributed by atoms with E-state index in [0.29, 0.717) is 0 Å². The second-order valence-corrected chi connectivity index (χ2v) is 7.29. The van der Waals surface area contributed by atoms with Gasteiger partial charge in [-0.05, 0) is 130 Å². The van der Waals surface area contributed by atoms with E-state index in [1.165, 1.54) is 130 Å². The minimum atomic E-state index is 1.25. The molecule has 0 aromatic rings. The first-order chi connectivity index (χ1) is 12.5. The highest BCUT2D eigenvalue weighted by atomic mass is 14.9. The van der Waals surface area contributed by atoms with Gasteiger partial charge in [0.25, 0.3) is 0 Å². The Morgan fingerprint density at radius 3 is 0.360 bits per heavy atom. The molecule has 0 bridgehead atoms. The van der Waals surface area contributed by atoms with Crippen LogP contribution in [-0.2, 0) is 0 Å². The third kappa shape index (κ3) is 18.4. The molecule has 150 valence electrons. The largest absolute Gasteiger partial charge is 0.317 e. The summed E-state index contributed by atoms with van der Waals surface area (Å²) in [6.07, 6.45) is 13.9. The van der Waals surface area contributed by atoms with E-state index in [0.717, 1.165) is 0 Å². The zero-order chi connectivity index (χ0) is 17.7. The van der Waals surface area contributed by atoms with Gasteiger partial charge < -0.3 is 26.6 Å². The SMILES string of the molecule is C1CCNC1.C1CCNC1.C1CCNC1.C1CCNC1.C1CCNC1. The van der Waals surface area contributed by atoms with Crippen LogP contribution in [0.4, 0.5) is 0 Å². The van der Waals surface area contributed by atoms with Gasteiger partial charge in [0.05, 0.1) is 0 Å². The summed E-state index contributed by atoms with van der Waals surface area (Å²) in [5.41, 5.74) is 0. The lowest BCUT2D eigenvalue weighted by Crippen LogP contribution is -2.03. The monoisotopic (exact) mass is 355 g/mol. The van der Waals surface area contributed by atoms with Gasteiger partial charge in [-0.15, -0.1) is 0 Å². The van der Waals surface area contributed by atoms with E-state index in [4.69, 9.17) is 0 Å². The van der Waals surface area contributed by atoms with Gasteiger partial charge in [0, 0.05) is 0 Å². The maximum absolute atomic E-state index is 3.22. The molecule has 0 aromatic carbocycles. The molecule has 0 saturated carbocycles. The summed E-state index contributed by atoms with van der Waals surface area (Å²) in [7, 11) is 0.